The molecule has 5 heteroatoms. The molecule has 3 rings (SSSR count). The highest BCUT2D eigenvalue weighted by Gasteiger charge is 2.25. The van der Waals surface area contributed by atoms with Gasteiger partial charge in [0.2, 0.25) is 5.91 Å². The summed E-state index contributed by atoms with van der Waals surface area (Å²) in [6.07, 6.45) is 8.20. The number of aromatic nitrogens is 2. The van der Waals surface area contributed by atoms with E-state index in [1.165, 1.54) is 12.0 Å². The molecule has 5 nitrogen and oxygen atoms in total. The van der Waals surface area contributed by atoms with E-state index in [9.17, 15) is 4.79 Å². The van der Waals surface area contributed by atoms with Crippen LogP contribution < -0.4 is 0 Å². The zero-order chi connectivity index (χ0) is 13.9. The van der Waals surface area contributed by atoms with Crippen LogP contribution in [0.4, 0.5) is 0 Å². The predicted molar refractivity (Wildman–Crippen MR) is 77.5 cm³/mol. The Morgan fingerprint density at radius 2 is 2.20 bits per heavy atom. The smallest absolute Gasteiger partial charge is 0.222 e. The maximum Gasteiger partial charge on any atom is 0.222 e. The van der Waals surface area contributed by atoms with Crippen molar-refractivity contribution in [2.75, 3.05) is 32.7 Å². The quantitative estimate of drug-likeness (QED) is 0.836. The Balaban J connectivity index is 1.47. The Bertz CT molecular complexity index is 470. The molecule has 0 radical (unpaired) electrons. The molecular formula is C15H24N4O. The average molecular weight is 276 g/mol. The van der Waals surface area contributed by atoms with Crippen LogP contribution in [0, 0.1) is 6.92 Å². The van der Waals surface area contributed by atoms with E-state index in [4.69, 9.17) is 0 Å². The summed E-state index contributed by atoms with van der Waals surface area (Å²) in [7, 11) is 0. The van der Waals surface area contributed by atoms with Crippen molar-refractivity contribution < 1.29 is 4.79 Å². The first kappa shape index (κ1) is 13.6. The van der Waals surface area contributed by atoms with E-state index in [0.29, 0.717) is 11.9 Å². The highest BCUT2D eigenvalue weighted by molar-refractivity contribution is 5.76. The van der Waals surface area contributed by atoms with Gasteiger partial charge in [-0.3, -0.25) is 14.4 Å². The molecule has 0 saturated carbocycles. The topological polar surface area (TPSA) is 41.4 Å². The van der Waals surface area contributed by atoms with E-state index < -0.39 is 0 Å². The van der Waals surface area contributed by atoms with Crippen LogP contribution in [0.5, 0.6) is 0 Å². The van der Waals surface area contributed by atoms with Crippen LogP contribution in [0.15, 0.2) is 12.4 Å². The van der Waals surface area contributed by atoms with Gasteiger partial charge in [-0.15, -0.1) is 0 Å². The maximum absolute atomic E-state index is 11.8. The lowest BCUT2D eigenvalue weighted by Crippen LogP contribution is -2.40. The van der Waals surface area contributed by atoms with Crippen molar-refractivity contribution in [3.63, 3.8) is 0 Å². The first-order valence-electron chi connectivity index (χ1n) is 7.73. The zero-order valence-electron chi connectivity index (χ0n) is 12.3. The van der Waals surface area contributed by atoms with E-state index in [0.717, 1.165) is 52.0 Å². The van der Waals surface area contributed by atoms with Gasteiger partial charge in [-0.05, 0) is 31.7 Å². The van der Waals surface area contributed by atoms with Crippen LogP contribution in [0.2, 0.25) is 0 Å². The Hall–Kier alpha value is -1.36. The van der Waals surface area contributed by atoms with Gasteiger partial charge < -0.3 is 4.90 Å². The van der Waals surface area contributed by atoms with Crippen molar-refractivity contribution in [3.05, 3.63) is 18.0 Å². The molecule has 0 aliphatic carbocycles. The van der Waals surface area contributed by atoms with Gasteiger partial charge in [-0.2, -0.15) is 5.10 Å². The number of carbonyl (C=O) groups excluding carboxylic acids is 1. The normalized spacial score (nSPS) is 24.6. The van der Waals surface area contributed by atoms with E-state index >= 15 is 0 Å². The summed E-state index contributed by atoms with van der Waals surface area (Å²) in [5.41, 5.74) is 1.22. The maximum atomic E-state index is 11.8. The molecule has 0 bridgehead atoms. The molecule has 0 aromatic carbocycles. The monoisotopic (exact) mass is 276 g/mol. The number of amides is 1. The highest BCUT2D eigenvalue weighted by atomic mass is 16.2. The molecule has 2 aliphatic rings. The molecule has 1 atom stereocenters. The lowest BCUT2D eigenvalue weighted by Gasteiger charge is -2.28. The fourth-order valence-electron chi connectivity index (χ4n) is 3.22. The standard InChI is InChI=1S/C15H24N4O/c1-13-10-16-19(11-13)14-5-7-17(12-14)8-9-18-6-3-2-4-15(18)20/h10-11,14H,2-9,12H2,1H3. The summed E-state index contributed by atoms with van der Waals surface area (Å²) in [6, 6.07) is 0.501. The summed E-state index contributed by atoms with van der Waals surface area (Å²) < 4.78 is 2.10. The van der Waals surface area contributed by atoms with Crippen LogP contribution in [0.1, 0.15) is 37.3 Å². The van der Waals surface area contributed by atoms with Crippen molar-refractivity contribution in [2.24, 2.45) is 0 Å². The lowest BCUT2D eigenvalue weighted by molar-refractivity contribution is -0.133. The molecule has 1 aromatic heterocycles. The Morgan fingerprint density at radius 3 is 2.95 bits per heavy atom. The fourth-order valence-corrected chi connectivity index (χ4v) is 3.22. The number of hydrogen-bond donors (Lipinski definition) is 0. The second kappa shape index (κ2) is 5.95. The molecule has 1 amide bonds. The van der Waals surface area contributed by atoms with E-state index in [2.05, 4.69) is 27.8 Å². The molecule has 1 unspecified atom stereocenters. The van der Waals surface area contributed by atoms with Gasteiger partial charge in [0.25, 0.3) is 0 Å². The Labute approximate surface area is 120 Å². The third-order valence-corrected chi connectivity index (χ3v) is 4.46. The van der Waals surface area contributed by atoms with Crippen LogP contribution in [0.25, 0.3) is 0 Å². The van der Waals surface area contributed by atoms with Gasteiger partial charge in [-0.1, -0.05) is 0 Å². The molecule has 0 N–H and O–H groups in total. The van der Waals surface area contributed by atoms with Crippen molar-refractivity contribution in [1.29, 1.82) is 0 Å². The number of piperidine rings is 1. The number of rotatable bonds is 4. The SMILES string of the molecule is Cc1cnn(C2CCN(CCN3CCCCC3=O)C2)c1. The third kappa shape index (κ3) is 3.03. The summed E-state index contributed by atoms with van der Waals surface area (Å²) in [4.78, 5) is 16.3. The van der Waals surface area contributed by atoms with Crippen molar-refractivity contribution in [2.45, 2.75) is 38.6 Å². The summed E-state index contributed by atoms with van der Waals surface area (Å²) in [5.74, 6) is 0.342. The van der Waals surface area contributed by atoms with Crippen LogP contribution in [0.3, 0.4) is 0 Å². The van der Waals surface area contributed by atoms with Crippen molar-refractivity contribution in [1.82, 2.24) is 19.6 Å². The number of likely N-dealkylation sites (tertiary alicyclic amines) is 2. The van der Waals surface area contributed by atoms with Gasteiger partial charge in [0.15, 0.2) is 0 Å². The van der Waals surface area contributed by atoms with E-state index in [-0.39, 0.29) is 0 Å². The minimum Gasteiger partial charge on any atom is -0.341 e. The molecule has 2 aliphatic heterocycles. The largest absolute Gasteiger partial charge is 0.341 e. The Morgan fingerprint density at radius 1 is 1.30 bits per heavy atom. The van der Waals surface area contributed by atoms with Crippen LogP contribution in [-0.2, 0) is 4.79 Å². The Kier molecular flexibility index (Phi) is 4.05. The van der Waals surface area contributed by atoms with Crippen molar-refractivity contribution in [3.8, 4) is 0 Å². The van der Waals surface area contributed by atoms with Gasteiger partial charge in [-0.25, -0.2) is 0 Å². The summed E-state index contributed by atoms with van der Waals surface area (Å²) in [5, 5.41) is 4.42. The molecule has 2 saturated heterocycles. The number of hydrogen-bond acceptors (Lipinski definition) is 3. The minimum atomic E-state index is 0.342. The van der Waals surface area contributed by atoms with Crippen molar-refractivity contribution >= 4 is 5.91 Å². The molecule has 3 heterocycles. The highest BCUT2D eigenvalue weighted by Crippen LogP contribution is 2.21. The molecule has 1 aromatic rings. The molecule has 0 spiro atoms. The second-order valence-corrected chi connectivity index (χ2v) is 6.08. The molecular weight excluding hydrogens is 252 g/mol. The predicted octanol–water partition coefficient (Wildman–Crippen LogP) is 1.45. The van der Waals surface area contributed by atoms with Gasteiger partial charge in [0.1, 0.15) is 0 Å². The zero-order valence-corrected chi connectivity index (χ0v) is 12.3. The first-order chi connectivity index (χ1) is 9.72. The number of carbonyl (C=O) groups is 1. The fraction of sp³-hybridized carbons (Fsp3) is 0.733. The molecule has 2 fully saturated rings. The van der Waals surface area contributed by atoms with Gasteiger partial charge >= 0.3 is 0 Å². The van der Waals surface area contributed by atoms with E-state index in [1.807, 2.05) is 11.1 Å². The van der Waals surface area contributed by atoms with Gasteiger partial charge in [0, 0.05) is 45.3 Å². The van der Waals surface area contributed by atoms with Gasteiger partial charge in [0.05, 0.1) is 12.2 Å². The summed E-state index contributed by atoms with van der Waals surface area (Å²) >= 11 is 0. The second-order valence-electron chi connectivity index (χ2n) is 6.08. The van der Waals surface area contributed by atoms with Crippen LogP contribution >= 0.6 is 0 Å². The lowest BCUT2D eigenvalue weighted by atomic mass is 10.1. The first-order valence-corrected chi connectivity index (χ1v) is 7.73. The average Bonchev–Trinajstić information content (AvgIpc) is 3.06. The third-order valence-electron chi connectivity index (χ3n) is 4.46. The number of nitrogens with zero attached hydrogens (tertiary/aromatic N) is 4. The minimum absolute atomic E-state index is 0.342. The summed E-state index contributed by atoms with van der Waals surface area (Å²) in [6.45, 7) is 7.10. The molecule has 20 heavy (non-hydrogen) atoms. The number of aryl methyl sites for hydroxylation is 1. The molecule has 110 valence electrons. The van der Waals surface area contributed by atoms with E-state index in [1.54, 1.807) is 0 Å². The van der Waals surface area contributed by atoms with Crippen LogP contribution in [-0.4, -0.2) is 58.2 Å².